The van der Waals surface area contributed by atoms with Crippen molar-refractivity contribution in [1.82, 2.24) is 9.21 Å². The number of aliphatic hydroxyl groups is 1. The first-order chi connectivity index (χ1) is 8.60. The number of unbranched alkanes of at least 4 members (excludes halogenated alkanes) is 1. The molecule has 6 nitrogen and oxygen atoms in total. The molecule has 1 fully saturated rings. The highest BCUT2D eigenvalue weighted by Crippen LogP contribution is 2.10. The molecule has 18 heavy (non-hydrogen) atoms. The maximum absolute atomic E-state index is 12.1. The molecule has 1 saturated heterocycles. The molecular formula is C11H25N3O3S. The Morgan fingerprint density at radius 1 is 1.11 bits per heavy atom. The van der Waals surface area contributed by atoms with Crippen molar-refractivity contribution in [2.24, 2.45) is 5.73 Å². The normalized spacial score (nSPS) is 19.9. The summed E-state index contributed by atoms with van der Waals surface area (Å²) in [5, 5.41) is 8.89. The molecule has 0 bridgehead atoms. The summed E-state index contributed by atoms with van der Waals surface area (Å²) < 4.78 is 25.8. The average Bonchev–Trinajstić information content (AvgIpc) is 2.56. The molecule has 0 saturated carbocycles. The van der Waals surface area contributed by atoms with Crippen LogP contribution in [0.3, 0.4) is 0 Å². The molecule has 0 aromatic heterocycles. The molecule has 1 aliphatic rings. The molecule has 0 unspecified atom stereocenters. The molecule has 7 heteroatoms. The molecule has 1 rings (SSSR count). The lowest BCUT2D eigenvalue weighted by molar-refractivity contribution is 0.202. The number of nitrogens with two attached hydrogens (primary N) is 1. The summed E-state index contributed by atoms with van der Waals surface area (Å²) in [5.74, 6) is 0.199. The molecule has 0 spiro atoms. The van der Waals surface area contributed by atoms with Gasteiger partial charge < -0.3 is 10.8 Å². The van der Waals surface area contributed by atoms with Gasteiger partial charge in [-0.3, -0.25) is 4.90 Å². The zero-order valence-corrected chi connectivity index (χ0v) is 11.7. The lowest BCUT2D eigenvalue weighted by atomic mass is 10.3. The quantitative estimate of drug-likeness (QED) is 0.587. The molecule has 0 aliphatic carbocycles. The van der Waals surface area contributed by atoms with E-state index in [4.69, 9.17) is 10.8 Å². The van der Waals surface area contributed by atoms with Gasteiger partial charge in [-0.25, -0.2) is 12.7 Å². The topological polar surface area (TPSA) is 86.9 Å². The Bertz CT molecular complexity index is 321. The van der Waals surface area contributed by atoms with Crippen LogP contribution in [0.15, 0.2) is 0 Å². The maximum atomic E-state index is 12.1. The Morgan fingerprint density at radius 2 is 1.89 bits per heavy atom. The molecule has 1 heterocycles. The first kappa shape index (κ1) is 15.8. The van der Waals surface area contributed by atoms with Crippen molar-refractivity contribution in [2.75, 3.05) is 51.6 Å². The zero-order valence-electron chi connectivity index (χ0n) is 10.9. The largest absolute Gasteiger partial charge is 0.395 e. The van der Waals surface area contributed by atoms with Gasteiger partial charge in [0.15, 0.2) is 0 Å². The lowest BCUT2D eigenvalue weighted by Gasteiger charge is -2.21. The van der Waals surface area contributed by atoms with Gasteiger partial charge in [0, 0.05) is 26.2 Å². The van der Waals surface area contributed by atoms with Crippen LogP contribution in [0, 0.1) is 0 Å². The van der Waals surface area contributed by atoms with Crippen LogP contribution in [-0.4, -0.2) is 74.4 Å². The van der Waals surface area contributed by atoms with E-state index in [1.165, 1.54) is 0 Å². The molecule has 0 amide bonds. The monoisotopic (exact) mass is 279 g/mol. The van der Waals surface area contributed by atoms with E-state index in [2.05, 4.69) is 4.90 Å². The van der Waals surface area contributed by atoms with Crippen LogP contribution >= 0.6 is 0 Å². The Balaban J connectivity index is 2.45. The van der Waals surface area contributed by atoms with Crippen molar-refractivity contribution < 1.29 is 13.5 Å². The van der Waals surface area contributed by atoms with E-state index in [1.54, 1.807) is 4.31 Å². The summed E-state index contributed by atoms with van der Waals surface area (Å²) in [6.45, 7) is 3.98. The van der Waals surface area contributed by atoms with Crippen molar-refractivity contribution in [1.29, 1.82) is 0 Å². The predicted molar refractivity (Wildman–Crippen MR) is 71.8 cm³/mol. The number of rotatable bonds is 7. The summed E-state index contributed by atoms with van der Waals surface area (Å²) in [5.41, 5.74) is 5.37. The van der Waals surface area contributed by atoms with Gasteiger partial charge >= 0.3 is 0 Å². The third kappa shape index (κ3) is 5.19. The number of hydrogen-bond acceptors (Lipinski definition) is 5. The first-order valence-corrected chi connectivity index (χ1v) is 8.22. The minimum absolute atomic E-state index is 0.128. The van der Waals surface area contributed by atoms with Gasteiger partial charge in [0.05, 0.1) is 12.4 Å². The van der Waals surface area contributed by atoms with Gasteiger partial charge in [-0.05, 0) is 32.4 Å². The van der Waals surface area contributed by atoms with Crippen molar-refractivity contribution in [3.05, 3.63) is 0 Å². The summed E-state index contributed by atoms with van der Waals surface area (Å²) in [6.07, 6.45) is 2.22. The van der Waals surface area contributed by atoms with Gasteiger partial charge in [0.1, 0.15) is 0 Å². The average molecular weight is 279 g/mol. The second-order valence-corrected chi connectivity index (χ2v) is 6.72. The summed E-state index contributed by atoms with van der Waals surface area (Å²) >= 11 is 0. The number of aliphatic hydroxyl groups excluding tert-OH is 1. The molecule has 1 aliphatic heterocycles. The molecular weight excluding hydrogens is 254 g/mol. The number of sulfonamides is 1. The minimum atomic E-state index is -3.13. The van der Waals surface area contributed by atoms with Crippen LogP contribution in [0.4, 0.5) is 0 Å². The second kappa shape index (κ2) is 8.06. The van der Waals surface area contributed by atoms with Crippen molar-refractivity contribution in [3.63, 3.8) is 0 Å². The van der Waals surface area contributed by atoms with Gasteiger partial charge in [-0.15, -0.1) is 0 Å². The molecule has 108 valence electrons. The van der Waals surface area contributed by atoms with Crippen LogP contribution in [-0.2, 0) is 10.0 Å². The standard InChI is InChI=1S/C11H25N3O3S/c12-4-1-2-11-18(16,17)14-6-3-5-13(7-8-14)9-10-15/h15H,1-12H2. The molecule has 3 N–H and O–H groups in total. The fraction of sp³-hybridized carbons (Fsp3) is 1.00. The van der Waals surface area contributed by atoms with Gasteiger partial charge in [-0.1, -0.05) is 0 Å². The van der Waals surface area contributed by atoms with Crippen LogP contribution in [0.2, 0.25) is 0 Å². The fourth-order valence-corrected chi connectivity index (χ4v) is 3.74. The van der Waals surface area contributed by atoms with Crippen LogP contribution in [0.5, 0.6) is 0 Å². The van der Waals surface area contributed by atoms with Crippen molar-refractivity contribution >= 4 is 10.0 Å². The first-order valence-electron chi connectivity index (χ1n) is 6.61. The number of hydrogen-bond donors (Lipinski definition) is 2. The van der Waals surface area contributed by atoms with Gasteiger partial charge in [-0.2, -0.15) is 0 Å². The zero-order chi connectivity index (χ0) is 13.4. The smallest absolute Gasteiger partial charge is 0.214 e. The van der Waals surface area contributed by atoms with Crippen molar-refractivity contribution in [2.45, 2.75) is 19.3 Å². The highest BCUT2D eigenvalue weighted by Gasteiger charge is 2.24. The second-order valence-electron chi connectivity index (χ2n) is 4.63. The fourth-order valence-electron chi connectivity index (χ4n) is 2.15. The summed E-state index contributed by atoms with van der Waals surface area (Å²) in [6, 6.07) is 0. The Labute approximate surface area is 110 Å². The Morgan fingerprint density at radius 3 is 2.56 bits per heavy atom. The van der Waals surface area contributed by atoms with Crippen LogP contribution in [0.1, 0.15) is 19.3 Å². The van der Waals surface area contributed by atoms with E-state index in [0.717, 1.165) is 19.4 Å². The summed E-state index contributed by atoms with van der Waals surface area (Å²) in [4.78, 5) is 2.11. The molecule has 0 aromatic carbocycles. The minimum Gasteiger partial charge on any atom is -0.395 e. The lowest BCUT2D eigenvalue weighted by Crippen LogP contribution is -2.37. The Kier molecular flexibility index (Phi) is 7.10. The molecule has 0 aromatic rings. The van der Waals surface area contributed by atoms with Crippen LogP contribution < -0.4 is 5.73 Å². The number of nitrogens with zero attached hydrogens (tertiary/aromatic N) is 2. The maximum Gasteiger partial charge on any atom is 0.214 e. The van der Waals surface area contributed by atoms with Crippen molar-refractivity contribution in [3.8, 4) is 0 Å². The highest BCUT2D eigenvalue weighted by molar-refractivity contribution is 7.89. The molecule has 0 radical (unpaired) electrons. The SMILES string of the molecule is NCCCCS(=O)(=O)N1CCCN(CCO)CC1. The van der Waals surface area contributed by atoms with E-state index in [0.29, 0.717) is 39.1 Å². The number of β-amino-alcohol motifs (C(OH)–C–C–N with tert-alkyl or cyclic N) is 1. The van der Waals surface area contributed by atoms with E-state index in [-0.39, 0.29) is 12.4 Å². The third-order valence-electron chi connectivity index (χ3n) is 3.21. The van der Waals surface area contributed by atoms with Gasteiger partial charge in [0.2, 0.25) is 10.0 Å². The molecule has 0 atom stereocenters. The van der Waals surface area contributed by atoms with Gasteiger partial charge in [0.25, 0.3) is 0 Å². The van der Waals surface area contributed by atoms with E-state index < -0.39 is 10.0 Å². The summed E-state index contributed by atoms with van der Waals surface area (Å²) in [7, 11) is -3.13. The van der Waals surface area contributed by atoms with E-state index in [1.807, 2.05) is 0 Å². The van der Waals surface area contributed by atoms with E-state index >= 15 is 0 Å². The van der Waals surface area contributed by atoms with E-state index in [9.17, 15) is 8.42 Å². The van der Waals surface area contributed by atoms with Crippen LogP contribution in [0.25, 0.3) is 0 Å². The third-order valence-corrected chi connectivity index (χ3v) is 5.17. The highest BCUT2D eigenvalue weighted by atomic mass is 32.2. The Hall–Kier alpha value is -0.210. The predicted octanol–water partition coefficient (Wildman–Crippen LogP) is -0.945.